The van der Waals surface area contributed by atoms with Gasteiger partial charge in [-0.2, -0.15) is 0 Å². The highest BCUT2D eigenvalue weighted by Crippen LogP contribution is 2.21. The molecule has 0 atom stereocenters. The first-order valence-corrected chi connectivity index (χ1v) is 5.02. The van der Waals surface area contributed by atoms with Gasteiger partial charge in [0.05, 0.1) is 0 Å². The van der Waals surface area contributed by atoms with Crippen molar-refractivity contribution in [2.24, 2.45) is 0 Å². The third-order valence-electron chi connectivity index (χ3n) is 2.31. The van der Waals surface area contributed by atoms with Gasteiger partial charge in [-0.1, -0.05) is 12.1 Å². The zero-order chi connectivity index (χ0) is 13.0. The van der Waals surface area contributed by atoms with Crippen molar-refractivity contribution in [1.29, 1.82) is 0 Å². The van der Waals surface area contributed by atoms with E-state index in [9.17, 15) is 13.6 Å². The fourth-order valence-electron chi connectivity index (χ4n) is 1.21. The largest absolute Gasteiger partial charge is 0.478 e. The Balaban J connectivity index is 2.80. The van der Waals surface area contributed by atoms with Gasteiger partial charge in [-0.05, 0) is 25.5 Å². The van der Waals surface area contributed by atoms with Gasteiger partial charge in [-0.3, -0.25) is 0 Å². The van der Waals surface area contributed by atoms with Crippen molar-refractivity contribution in [2.75, 3.05) is 11.9 Å². The Kier molecular flexibility index (Phi) is 4.20. The standard InChI is InChI=1S/C12H13F2NO2/c1-7-3-4-9(13)11(10(7)14)15-6-5-8(2)12(16)17/h3-5,15H,6H2,1-2H3,(H,16,17)/b8-5-. The van der Waals surface area contributed by atoms with Crippen LogP contribution in [0.2, 0.25) is 0 Å². The van der Waals surface area contributed by atoms with E-state index in [1.807, 2.05) is 0 Å². The Hall–Kier alpha value is -1.91. The van der Waals surface area contributed by atoms with Crippen LogP contribution < -0.4 is 5.32 Å². The average molecular weight is 241 g/mol. The molecule has 1 aromatic carbocycles. The van der Waals surface area contributed by atoms with E-state index in [0.29, 0.717) is 5.56 Å². The number of hydrogen-bond donors (Lipinski definition) is 2. The Morgan fingerprint density at radius 3 is 2.71 bits per heavy atom. The first-order valence-electron chi connectivity index (χ1n) is 5.02. The lowest BCUT2D eigenvalue weighted by Crippen LogP contribution is -2.06. The molecule has 0 amide bonds. The Morgan fingerprint density at radius 1 is 1.47 bits per heavy atom. The summed E-state index contributed by atoms with van der Waals surface area (Å²) in [5.41, 5.74) is 0.207. The average Bonchev–Trinajstić information content (AvgIpc) is 2.28. The molecule has 0 aliphatic carbocycles. The van der Waals surface area contributed by atoms with Crippen LogP contribution in [-0.2, 0) is 4.79 Å². The van der Waals surface area contributed by atoms with Gasteiger partial charge in [0.15, 0.2) is 5.82 Å². The molecule has 3 nitrogen and oxygen atoms in total. The molecule has 1 rings (SSSR count). The first kappa shape index (κ1) is 13.2. The van der Waals surface area contributed by atoms with Crippen LogP contribution in [0.1, 0.15) is 12.5 Å². The summed E-state index contributed by atoms with van der Waals surface area (Å²) in [6.45, 7) is 2.99. The first-order chi connectivity index (χ1) is 7.93. The number of rotatable bonds is 4. The molecule has 0 saturated carbocycles. The molecule has 0 unspecified atom stereocenters. The van der Waals surface area contributed by atoms with Crippen molar-refractivity contribution in [3.8, 4) is 0 Å². The van der Waals surface area contributed by atoms with E-state index in [4.69, 9.17) is 5.11 Å². The van der Waals surface area contributed by atoms with Gasteiger partial charge >= 0.3 is 5.97 Å². The summed E-state index contributed by atoms with van der Waals surface area (Å²) >= 11 is 0. The van der Waals surface area contributed by atoms with Gasteiger partial charge in [-0.15, -0.1) is 0 Å². The number of carboxylic acid groups (broad SMARTS) is 1. The molecule has 0 fully saturated rings. The van der Waals surface area contributed by atoms with Crippen LogP contribution in [-0.4, -0.2) is 17.6 Å². The van der Waals surface area contributed by atoms with Gasteiger partial charge < -0.3 is 10.4 Å². The third kappa shape index (κ3) is 3.27. The number of halogens is 2. The molecule has 2 N–H and O–H groups in total. The molecule has 0 aliphatic heterocycles. The van der Waals surface area contributed by atoms with Crippen molar-refractivity contribution in [3.63, 3.8) is 0 Å². The number of carbonyl (C=O) groups is 1. The minimum Gasteiger partial charge on any atom is -0.478 e. The van der Waals surface area contributed by atoms with Crippen molar-refractivity contribution in [2.45, 2.75) is 13.8 Å². The smallest absolute Gasteiger partial charge is 0.331 e. The summed E-state index contributed by atoms with van der Waals surface area (Å²) in [7, 11) is 0. The maximum Gasteiger partial charge on any atom is 0.331 e. The van der Waals surface area contributed by atoms with Gasteiger partial charge in [0.2, 0.25) is 0 Å². The van der Waals surface area contributed by atoms with Crippen LogP contribution in [0, 0.1) is 18.6 Å². The number of benzene rings is 1. The van der Waals surface area contributed by atoms with Crippen LogP contribution in [0.25, 0.3) is 0 Å². The molecule has 92 valence electrons. The fourth-order valence-corrected chi connectivity index (χ4v) is 1.21. The molecular formula is C12H13F2NO2. The highest BCUT2D eigenvalue weighted by atomic mass is 19.1. The monoisotopic (exact) mass is 241 g/mol. The van der Waals surface area contributed by atoms with Gasteiger partial charge in [0, 0.05) is 12.1 Å². The molecule has 0 saturated heterocycles. The number of anilines is 1. The lowest BCUT2D eigenvalue weighted by molar-refractivity contribution is -0.132. The molecule has 0 radical (unpaired) electrons. The summed E-state index contributed by atoms with van der Waals surface area (Å²) in [5.74, 6) is -2.42. The number of carboxylic acids is 1. The van der Waals surface area contributed by atoms with Gasteiger partial charge in [-0.25, -0.2) is 13.6 Å². The minimum atomic E-state index is -1.06. The predicted molar refractivity (Wildman–Crippen MR) is 61.0 cm³/mol. The van der Waals surface area contributed by atoms with Crippen LogP contribution >= 0.6 is 0 Å². The van der Waals surface area contributed by atoms with E-state index in [1.165, 1.54) is 26.0 Å². The van der Waals surface area contributed by atoms with Gasteiger partial charge in [0.1, 0.15) is 11.5 Å². The lowest BCUT2D eigenvalue weighted by atomic mass is 10.2. The second kappa shape index (κ2) is 5.43. The lowest BCUT2D eigenvalue weighted by Gasteiger charge is -2.08. The number of nitrogens with one attached hydrogen (secondary N) is 1. The Labute approximate surface area is 97.8 Å². The molecular weight excluding hydrogens is 228 g/mol. The van der Waals surface area contributed by atoms with E-state index in [1.54, 1.807) is 0 Å². The molecule has 1 aromatic rings. The number of hydrogen-bond acceptors (Lipinski definition) is 2. The van der Waals surface area contributed by atoms with E-state index in [-0.39, 0.29) is 17.8 Å². The molecule has 0 heterocycles. The predicted octanol–water partition coefficient (Wildman–Crippen LogP) is 2.72. The third-order valence-corrected chi connectivity index (χ3v) is 2.31. The summed E-state index contributed by atoms with van der Waals surface area (Å²) in [6.07, 6.45) is 1.35. The van der Waals surface area contributed by atoms with Crippen LogP contribution in [0.4, 0.5) is 14.5 Å². The fraction of sp³-hybridized carbons (Fsp3) is 0.250. The van der Waals surface area contributed by atoms with Crippen molar-refractivity contribution < 1.29 is 18.7 Å². The second-order valence-electron chi connectivity index (χ2n) is 3.63. The molecule has 17 heavy (non-hydrogen) atoms. The minimum absolute atomic E-state index is 0.0510. The molecule has 0 spiro atoms. The van der Waals surface area contributed by atoms with E-state index in [0.717, 1.165) is 6.07 Å². The van der Waals surface area contributed by atoms with E-state index in [2.05, 4.69) is 5.32 Å². The van der Waals surface area contributed by atoms with Gasteiger partial charge in [0.25, 0.3) is 0 Å². The van der Waals surface area contributed by atoms with Crippen molar-refractivity contribution >= 4 is 11.7 Å². The summed E-state index contributed by atoms with van der Waals surface area (Å²) in [6, 6.07) is 2.50. The molecule has 0 bridgehead atoms. The molecule has 0 aliphatic rings. The maximum atomic E-state index is 13.5. The second-order valence-corrected chi connectivity index (χ2v) is 3.63. The highest BCUT2D eigenvalue weighted by Gasteiger charge is 2.10. The normalized spacial score (nSPS) is 11.4. The zero-order valence-electron chi connectivity index (χ0n) is 9.55. The zero-order valence-corrected chi connectivity index (χ0v) is 9.55. The Morgan fingerprint density at radius 2 is 2.12 bits per heavy atom. The van der Waals surface area contributed by atoms with Crippen LogP contribution in [0.5, 0.6) is 0 Å². The summed E-state index contributed by atoms with van der Waals surface area (Å²) < 4.78 is 26.8. The van der Waals surface area contributed by atoms with E-state index < -0.39 is 17.6 Å². The number of aryl methyl sites for hydroxylation is 1. The summed E-state index contributed by atoms with van der Waals surface area (Å²) in [4.78, 5) is 10.5. The Bertz CT molecular complexity index is 470. The quantitative estimate of drug-likeness (QED) is 0.797. The molecule has 0 aromatic heterocycles. The van der Waals surface area contributed by atoms with Crippen molar-refractivity contribution in [3.05, 3.63) is 41.0 Å². The molecule has 5 heteroatoms. The topological polar surface area (TPSA) is 49.3 Å². The van der Waals surface area contributed by atoms with Crippen LogP contribution in [0.15, 0.2) is 23.8 Å². The van der Waals surface area contributed by atoms with Crippen LogP contribution in [0.3, 0.4) is 0 Å². The van der Waals surface area contributed by atoms with Crippen molar-refractivity contribution in [1.82, 2.24) is 0 Å². The highest BCUT2D eigenvalue weighted by molar-refractivity contribution is 5.85. The SMILES string of the molecule is C/C(=C/CNc1c(F)ccc(C)c1F)C(=O)O. The maximum absolute atomic E-state index is 13.5. The van der Waals surface area contributed by atoms with E-state index >= 15 is 0 Å². The number of aliphatic carboxylic acids is 1. The summed E-state index contributed by atoms with van der Waals surface area (Å²) in [5, 5.41) is 11.1.